The van der Waals surface area contributed by atoms with Gasteiger partial charge in [0.25, 0.3) is 0 Å². The summed E-state index contributed by atoms with van der Waals surface area (Å²) in [6, 6.07) is 0. The monoisotopic (exact) mass is 500 g/mol. The van der Waals surface area contributed by atoms with Gasteiger partial charge in [-0.25, -0.2) is 0 Å². The second-order valence-corrected chi connectivity index (χ2v) is 18.1. The standard InChI is InChI=1S/2C6H7.2C3H8O.C3H6.Hf/c2*1-6-4-2-3-5-6;2*1-3(2)4;1-3-2;/h2*4-5H,2H2,1H3;2*3-4H,1-2H3;1-2H3;. The van der Waals surface area contributed by atoms with E-state index in [1.165, 1.54) is 24.0 Å². The molecule has 2 N–H and O–H groups in total. The molecule has 2 nitrogen and oxygen atoms in total. The Labute approximate surface area is 156 Å². The van der Waals surface area contributed by atoms with Crippen molar-refractivity contribution in [2.75, 3.05) is 0 Å². The molecule has 2 aliphatic carbocycles. The van der Waals surface area contributed by atoms with Gasteiger partial charge in [-0.2, -0.15) is 0 Å². The average molecular weight is 499 g/mol. The van der Waals surface area contributed by atoms with Gasteiger partial charge >= 0.3 is 107 Å². The van der Waals surface area contributed by atoms with E-state index in [-0.39, 0.29) is 12.2 Å². The zero-order valence-electron chi connectivity index (χ0n) is 16.8. The van der Waals surface area contributed by atoms with Crippen molar-refractivity contribution in [1.29, 1.82) is 0 Å². The number of hydrogen-bond acceptors (Lipinski definition) is 2. The van der Waals surface area contributed by atoms with Gasteiger partial charge in [0.1, 0.15) is 0 Å². The molecule has 0 spiro atoms. The Kier molecular flexibility index (Phi) is 11.9. The predicted molar refractivity (Wildman–Crippen MR) is 104 cm³/mol. The fourth-order valence-corrected chi connectivity index (χ4v) is 13.5. The van der Waals surface area contributed by atoms with E-state index in [0.717, 1.165) is 0 Å². The summed E-state index contributed by atoms with van der Waals surface area (Å²) in [6.07, 6.45) is 11.8. The maximum absolute atomic E-state index is 8.06. The van der Waals surface area contributed by atoms with E-state index in [4.69, 9.17) is 10.2 Å². The molecular weight excluding hydrogens is 463 g/mol. The van der Waals surface area contributed by atoms with Crippen LogP contribution in [0.1, 0.15) is 68.2 Å². The summed E-state index contributed by atoms with van der Waals surface area (Å²) in [7, 11) is 0. The second kappa shape index (κ2) is 12.1. The second-order valence-electron chi connectivity index (χ2n) is 7.21. The Balaban J connectivity index is 0.000000558. The summed E-state index contributed by atoms with van der Waals surface area (Å²) < 4.78 is 5.31. The number of aliphatic hydroxyl groups excluding tert-OH is 2. The zero-order chi connectivity index (χ0) is 18.9. The van der Waals surface area contributed by atoms with E-state index in [1.807, 2.05) is 0 Å². The number of allylic oxidation sites excluding steroid dienone is 8. The third kappa shape index (κ3) is 10.5. The van der Waals surface area contributed by atoms with E-state index in [2.05, 4.69) is 52.0 Å². The molecule has 0 bridgehead atoms. The third-order valence-corrected chi connectivity index (χ3v) is 13.9. The summed E-state index contributed by atoms with van der Waals surface area (Å²) in [5.41, 5.74) is 2.95. The Bertz CT molecular complexity index is 505. The normalized spacial score (nSPS) is 15.7. The SMILES string of the molecule is CC(C)O.CC(C)O.CC1=CC[C]([Hf]([C]2=CC(C)=CC2)=[C](C)C)=C1. The van der Waals surface area contributed by atoms with Crippen LogP contribution in [0.25, 0.3) is 0 Å². The van der Waals surface area contributed by atoms with Crippen molar-refractivity contribution in [3.05, 3.63) is 42.1 Å². The van der Waals surface area contributed by atoms with Crippen molar-refractivity contribution in [3.8, 4) is 0 Å². The quantitative estimate of drug-likeness (QED) is 0.522. The molecule has 0 saturated carbocycles. The van der Waals surface area contributed by atoms with E-state index >= 15 is 0 Å². The van der Waals surface area contributed by atoms with Gasteiger partial charge in [0, 0.05) is 12.2 Å². The van der Waals surface area contributed by atoms with Gasteiger partial charge < -0.3 is 10.2 Å². The third-order valence-electron chi connectivity index (χ3n) is 3.23. The maximum atomic E-state index is 8.06. The van der Waals surface area contributed by atoms with Gasteiger partial charge in [0.05, 0.1) is 0 Å². The van der Waals surface area contributed by atoms with Gasteiger partial charge in [-0.05, 0) is 27.7 Å². The van der Waals surface area contributed by atoms with Crippen molar-refractivity contribution in [3.63, 3.8) is 0 Å². The van der Waals surface area contributed by atoms with Crippen LogP contribution in [-0.4, -0.2) is 25.7 Å². The molecule has 0 aromatic carbocycles. The molecule has 0 atom stereocenters. The molecule has 0 saturated heterocycles. The van der Waals surface area contributed by atoms with Crippen LogP contribution in [-0.2, 0) is 21.0 Å². The van der Waals surface area contributed by atoms with Crippen LogP contribution >= 0.6 is 0 Å². The Morgan fingerprint density at radius 3 is 1.29 bits per heavy atom. The van der Waals surface area contributed by atoms with Gasteiger partial charge in [-0.1, -0.05) is 0 Å². The molecular formula is C21H36HfO2. The predicted octanol–water partition coefficient (Wildman–Crippen LogP) is 5.06. The van der Waals surface area contributed by atoms with Gasteiger partial charge in [0.2, 0.25) is 0 Å². The summed E-state index contributed by atoms with van der Waals surface area (Å²) in [5.74, 6) is 0. The number of hydrogen-bond donors (Lipinski definition) is 2. The molecule has 24 heavy (non-hydrogen) atoms. The van der Waals surface area contributed by atoms with Crippen molar-refractivity contribution >= 4 is 3.26 Å². The molecule has 0 aliphatic heterocycles. The first-order valence-corrected chi connectivity index (χ1v) is 14.2. The molecule has 2 rings (SSSR count). The first-order valence-electron chi connectivity index (χ1n) is 8.83. The molecule has 0 aromatic rings. The first-order chi connectivity index (χ1) is 11.0. The molecule has 0 aromatic heterocycles. The topological polar surface area (TPSA) is 40.5 Å². The Morgan fingerprint density at radius 2 is 1.12 bits per heavy atom. The molecule has 0 heterocycles. The van der Waals surface area contributed by atoms with Crippen LogP contribution < -0.4 is 0 Å². The van der Waals surface area contributed by atoms with Crippen LogP contribution in [0.3, 0.4) is 0 Å². The fourth-order valence-electron chi connectivity index (χ4n) is 2.52. The Morgan fingerprint density at radius 1 is 0.833 bits per heavy atom. The molecule has 2 aliphatic rings. The van der Waals surface area contributed by atoms with E-state index < -0.39 is 21.0 Å². The van der Waals surface area contributed by atoms with Crippen molar-refractivity contribution in [1.82, 2.24) is 0 Å². The minimum absolute atomic E-state index is 0.167. The summed E-state index contributed by atoms with van der Waals surface area (Å²) >= 11 is -1.77. The van der Waals surface area contributed by atoms with Crippen LogP contribution in [0, 0.1) is 0 Å². The van der Waals surface area contributed by atoms with Crippen molar-refractivity contribution in [2.45, 2.75) is 80.4 Å². The number of aliphatic hydroxyl groups is 2. The van der Waals surface area contributed by atoms with Gasteiger partial charge in [-0.3, -0.25) is 0 Å². The van der Waals surface area contributed by atoms with Crippen LogP contribution in [0.4, 0.5) is 0 Å². The van der Waals surface area contributed by atoms with E-state index in [9.17, 15) is 0 Å². The molecule has 3 heteroatoms. The zero-order valence-corrected chi connectivity index (χ0v) is 20.4. The number of rotatable bonds is 2. The van der Waals surface area contributed by atoms with E-state index in [1.54, 1.807) is 37.6 Å². The Hall–Kier alpha value is -0.380. The molecule has 0 fully saturated rings. The minimum atomic E-state index is -1.77. The molecule has 0 unspecified atom stereocenters. The first kappa shape index (κ1) is 23.6. The molecule has 0 amide bonds. The fraction of sp³-hybridized carbons (Fsp3) is 0.571. The van der Waals surface area contributed by atoms with Crippen molar-refractivity contribution in [2.24, 2.45) is 0 Å². The van der Waals surface area contributed by atoms with Gasteiger partial charge in [0.15, 0.2) is 0 Å². The van der Waals surface area contributed by atoms with Crippen LogP contribution in [0.15, 0.2) is 42.1 Å². The van der Waals surface area contributed by atoms with E-state index in [0.29, 0.717) is 0 Å². The van der Waals surface area contributed by atoms with Crippen LogP contribution in [0.2, 0.25) is 0 Å². The summed E-state index contributed by atoms with van der Waals surface area (Å²) in [5, 5.41) is 16.1. The summed E-state index contributed by atoms with van der Waals surface area (Å²) in [6.45, 7) is 16.1. The van der Waals surface area contributed by atoms with Crippen molar-refractivity contribution < 1.29 is 31.2 Å². The summed E-state index contributed by atoms with van der Waals surface area (Å²) in [4.78, 5) is 0. The molecule has 0 radical (unpaired) electrons. The van der Waals surface area contributed by atoms with Gasteiger partial charge in [-0.15, -0.1) is 0 Å². The molecule has 136 valence electrons. The van der Waals surface area contributed by atoms with Crippen LogP contribution in [0.5, 0.6) is 0 Å². The average Bonchev–Trinajstić information content (AvgIpc) is 2.98.